The van der Waals surface area contributed by atoms with Crippen LogP contribution in [-0.2, 0) is 0 Å². The van der Waals surface area contributed by atoms with Crippen LogP contribution < -0.4 is 16.0 Å². The summed E-state index contributed by atoms with van der Waals surface area (Å²) >= 11 is 0. The maximum absolute atomic E-state index is 14.9. The number of benzene rings is 2. The predicted molar refractivity (Wildman–Crippen MR) is 147 cm³/mol. The van der Waals surface area contributed by atoms with Gasteiger partial charge < -0.3 is 10.5 Å². The third-order valence-corrected chi connectivity index (χ3v) is 6.85. The number of nitriles is 1. The second kappa shape index (κ2) is 10.0. The molecule has 0 unspecified atom stereocenters. The fraction of sp³-hybridized carbons (Fsp3) is 0.103. The number of fused-ring (bicyclic) bond motifs is 2. The van der Waals surface area contributed by atoms with Crippen molar-refractivity contribution in [2.45, 2.75) is 13.0 Å². The van der Waals surface area contributed by atoms with Crippen LogP contribution in [0.5, 0.6) is 5.75 Å². The lowest BCUT2D eigenvalue weighted by Crippen LogP contribution is -2.23. The third-order valence-electron chi connectivity index (χ3n) is 6.85. The van der Waals surface area contributed by atoms with Gasteiger partial charge in [0.05, 0.1) is 35.4 Å². The Morgan fingerprint density at radius 2 is 1.86 bits per heavy atom. The van der Waals surface area contributed by atoms with E-state index in [2.05, 4.69) is 20.1 Å². The van der Waals surface area contributed by atoms with Crippen molar-refractivity contribution < 1.29 is 17.9 Å². The average molecular weight is 569 g/mol. The summed E-state index contributed by atoms with van der Waals surface area (Å²) in [5, 5.41) is 14.5. The molecule has 0 bridgehead atoms. The van der Waals surface area contributed by atoms with Gasteiger partial charge in [-0.25, -0.2) is 32.8 Å². The van der Waals surface area contributed by atoms with Crippen molar-refractivity contribution in [3.63, 3.8) is 0 Å². The number of nitrogen functional groups attached to an aromatic ring is 1. The Kier molecular flexibility index (Phi) is 6.30. The standard InChI is InChI=1S/C29H19F3N8O2/c1-14(24-22(15-4-3-5-18(30)9-15)29(41)39-12-19(31)6-7-21(39)37-24)40-28-23(27(34)35-13-36-28)25(38-40)16-8-17(11-33)26(42-2)20(32)10-16/h3-10,12-14H,1-2H3,(H2,34,35,36)/t14-/m1/s1. The summed E-state index contributed by atoms with van der Waals surface area (Å²) in [6.45, 7) is 1.69. The van der Waals surface area contributed by atoms with Crippen LogP contribution in [0.1, 0.15) is 24.2 Å². The smallest absolute Gasteiger partial charge is 0.266 e. The van der Waals surface area contributed by atoms with Gasteiger partial charge >= 0.3 is 0 Å². The molecule has 4 heterocycles. The van der Waals surface area contributed by atoms with Gasteiger partial charge in [0.15, 0.2) is 17.2 Å². The lowest BCUT2D eigenvalue weighted by Gasteiger charge is -2.18. The first-order valence-corrected chi connectivity index (χ1v) is 12.5. The van der Waals surface area contributed by atoms with Crippen molar-refractivity contribution in [1.29, 1.82) is 5.26 Å². The minimum atomic E-state index is -0.838. The SMILES string of the molecule is COc1c(F)cc(-c2nn([C@H](C)c3nc4ccc(F)cn4c(=O)c3-c3cccc(F)c3)c3ncnc(N)c23)cc1C#N. The molecule has 10 nitrogen and oxygen atoms in total. The molecule has 2 N–H and O–H groups in total. The molecule has 0 spiro atoms. The average Bonchev–Trinajstić information content (AvgIpc) is 3.37. The number of aromatic nitrogens is 6. The molecule has 2 aromatic carbocycles. The van der Waals surface area contributed by atoms with E-state index < -0.39 is 29.1 Å². The topological polar surface area (TPSA) is 137 Å². The Labute approximate surface area is 235 Å². The molecule has 6 aromatic rings. The van der Waals surface area contributed by atoms with Gasteiger partial charge in [-0.1, -0.05) is 12.1 Å². The van der Waals surface area contributed by atoms with E-state index >= 15 is 0 Å². The van der Waals surface area contributed by atoms with Gasteiger partial charge in [0.1, 0.15) is 41.2 Å². The second-order valence-corrected chi connectivity index (χ2v) is 9.34. The highest BCUT2D eigenvalue weighted by atomic mass is 19.1. The number of pyridine rings is 1. The second-order valence-electron chi connectivity index (χ2n) is 9.34. The number of anilines is 1. The first kappa shape index (κ1) is 26.5. The molecule has 0 aliphatic carbocycles. The van der Waals surface area contributed by atoms with E-state index in [-0.39, 0.29) is 61.9 Å². The van der Waals surface area contributed by atoms with E-state index in [1.54, 1.807) is 13.0 Å². The first-order chi connectivity index (χ1) is 20.2. The Morgan fingerprint density at radius 3 is 2.60 bits per heavy atom. The maximum atomic E-state index is 14.9. The minimum absolute atomic E-state index is 0.0135. The summed E-state index contributed by atoms with van der Waals surface area (Å²) in [5.74, 6) is -2.22. The molecule has 0 aliphatic heterocycles. The number of nitrogens with zero attached hydrogens (tertiary/aromatic N) is 7. The van der Waals surface area contributed by atoms with E-state index in [1.165, 1.54) is 54.5 Å². The van der Waals surface area contributed by atoms with Gasteiger partial charge in [-0.05, 0) is 48.9 Å². The number of halogens is 3. The highest BCUT2D eigenvalue weighted by Crippen LogP contribution is 2.37. The van der Waals surface area contributed by atoms with E-state index in [9.17, 15) is 23.2 Å². The Hall–Kier alpha value is -5.77. The predicted octanol–water partition coefficient (Wildman–Crippen LogP) is 4.66. The molecule has 0 saturated heterocycles. The molecule has 1 atom stereocenters. The molecule has 0 fully saturated rings. The molecular weight excluding hydrogens is 549 g/mol. The van der Waals surface area contributed by atoms with Crippen LogP contribution in [0, 0.1) is 28.8 Å². The zero-order chi connectivity index (χ0) is 29.7. The lowest BCUT2D eigenvalue weighted by atomic mass is 10.0. The number of ether oxygens (including phenoxy) is 1. The summed E-state index contributed by atoms with van der Waals surface area (Å²) in [6.07, 6.45) is 2.23. The van der Waals surface area contributed by atoms with Crippen LogP contribution >= 0.6 is 0 Å². The molecule has 0 amide bonds. The molecule has 0 aliphatic rings. The molecule has 0 radical (unpaired) electrons. The highest BCUT2D eigenvalue weighted by molar-refractivity contribution is 5.98. The largest absolute Gasteiger partial charge is 0.492 e. The summed E-state index contributed by atoms with van der Waals surface area (Å²) in [5.41, 5.74) is 6.69. The molecule has 208 valence electrons. The van der Waals surface area contributed by atoms with Gasteiger partial charge in [-0.3, -0.25) is 9.20 Å². The van der Waals surface area contributed by atoms with Crippen molar-refractivity contribution in [2.24, 2.45) is 0 Å². The van der Waals surface area contributed by atoms with Gasteiger partial charge in [0.25, 0.3) is 5.56 Å². The first-order valence-electron chi connectivity index (χ1n) is 12.5. The van der Waals surface area contributed by atoms with Crippen molar-refractivity contribution in [2.75, 3.05) is 12.8 Å². The van der Waals surface area contributed by atoms with Crippen molar-refractivity contribution in [1.82, 2.24) is 29.1 Å². The van der Waals surface area contributed by atoms with E-state index in [4.69, 9.17) is 10.5 Å². The van der Waals surface area contributed by atoms with Crippen LogP contribution in [0.2, 0.25) is 0 Å². The van der Waals surface area contributed by atoms with Crippen LogP contribution in [-0.4, -0.2) is 36.2 Å². The summed E-state index contributed by atoms with van der Waals surface area (Å²) in [4.78, 5) is 26.8. The number of rotatable bonds is 5. The lowest BCUT2D eigenvalue weighted by molar-refractivity contribution is 0.385. The zero-order valence-corrected chi connectivity index (χ0v) is 22.0. The van der Waals surface area contributed by atoms with E-state index in [0.717, 1.165) is 16.7 Å². The Bertz CT molecular complexity index is 2150. The molecule has 42 heavy (non-hydrogen) atoms. The molecule has 13 heteroatoms. The fourth-order valence-electron chi connectivity index (χ4n) is 4.95. The summed E-state index contributed by atoms with van der Waals surface area (Å²) < 4.78 is 50.8. The summed E-state index contributed by atoms with van der Waals surface area (Å²) in [6, 6.07) is 11.5. The molecule has 6 rings (SSSR count). The Morgan fingerprint density at radius 1 is 1.05 bits per heavy atom. The van der Waals surface area contributed by atoms with Crippen molar-refractivity contribution in [3.05, 3.63) is 100 Å². The fourth-order valence-corrected chi connectivity index (χ4v) is 4.95. The van der Waals surface area contributed by atoms with Gasteiger partial charge in [-0.2, -0.15) is 10.4 Å². The maximum Gasteiger partial charge on any atom is 0.266 e. The number of methoxy groups -OCH3 is 1. The van der Waals surface area contributed by atoms with Crippen LogP contribution in [0.25, 0.3) is 39.1 Å². The van der Waals surface area contributed by atoms with Crippen molar-refractivity contribution in [3.8, 4) is 34.2 Å². The number of nitrogens with two attached hydrogens (primary N) is 1. The summed E-state index contributed by atoms with van der Waals surface area (Å²) in [7, 11) is 1.25. The zero-order valence-electron chi connectivity index (χ0n) is 22.0. The third kappa shape index (κ3) is 4.17. The normalized spacial score (nSPS) is 12.0. The monoisotopic (exact) mass is 568 g/mol. The number of hydrogen-bond acceptors (Lipinski definition) is 8. The van der Waals surface area contributed by atoms with Crippen LogP contribution in [0.3, 0.4) is 0 Å². The van der Waals surface area contributed by atoms with Gasteiger partial charge in [0, 0.05) is 11.8 Å². The Balaban J connectivity index is 1.64. The minimum Gasteiger partial charge on any atom is -0.492 e. The quantitative estimate of drug-likeness (QED) is 0.317. The number of hydrogen-bond donors (Lipinski definition) is 1. The molecule has 0 saturated carbocycles. The molecular formula is C29H19F3N8O2. The van der Waals surface area contributed by atoms with E-state index in [1.807, 2.05) is 6.07 Å². The van der Waals surface area contributed by atoms with Gasteiger partial charge in [-0.15, -0.1) is 0 Å². The van der Waals surface area contributed by atoms with Crippen LogP contribution in [0.4, 0.5) is 19.0 Å². The van der Waals surface area contributed by atoms with Gasteiger partial charge in [0.2, 0.25) is 0 Å². The molecule has 4 aromatic heterocycles. The van der Waals surface area contributed by atoms with E-state index in [0.29, 0.717) is 0 Å². The van der Waals surface area contributed by atoms with Crippen molar-refractivity contribution >= 4 is 22.5 Å². The van der Waals surface area contributed by atoms with Crippen LogP contribution in [0.15, 0.2) is 65.8 Å². The highest BCUT2D eigenvalue weighted by Gasteiger charge is 2.27.